The number of hydrogen-bond acceptors (Lipinski definition) is 8. The lowest BCUT2D eigenvalue weighted by Gasteiger charge is -2.18. The monoisotopic (exact) mass is 732 g/mol. The predicted molar refractivity (Wildman–Crippen MR) is 188 cm³/mol. The van der Waals surface area contributed by atoms with E-state index < -0.39 is 0 Å². The minimum absolute atomic E-state index is 0.500. The summed E-state index contributed by atoms with van der Waals surface area (Å²) in [6.07, 6.45) is 5.30. The lowest BCUT2D eigenvalue weighted by Crippen LogP contribution is -3.05. The third-order valence-corrected chi connectivity index (χ3v) is 7.93. The summed E-state index contributed by atoms with van der Waals surface area (Å²) in [5.41, 5.74) is 16.9. The number of quaternary nitrogens is 2. The van der Waals surface area contributed by atoms with Gasteiger partial charge in [0.15, 0.2) is 0 Å². The van der Waals surface area contributed by atoms with Crippen molar-refractivity contribution < 1.29 is 19.3 Å². The van der Waals surface area contributed by atoms with Crippen molar-refractivity contribution in [1.29, 1.82) is 0 Å². The van der Waals surface area contributed by atoms with E-state index in [0.717, 1.165) is 68.9 Å². The van der Waals surface area contributed by atoms with Gasteiger partial charge in [-0.25, -0.2) is 11.7 Å². The summed E-state index contributed by atoms with van der Waals surface area (Å²) in [6, 6.07) is 18.9. The van der Waals surface area contributed by atoms with Gasteiger partial charge in [0, 0.05) is 25.2 Å². The molecule has 0 atom stereocenters. The van der Waals surface area contributed by atoms with Gasteiger partial charge in [-0.05, 0) is 79.4 Å². The van der Waals surface area contributed by atoms with Crippen LogP contribution in [0.2, 0.25) is 0 Å². The van der Waals surface area contributed by atoms with E-state index in [1.807, 2.05) is 60.7 Å². The minimum atomic E-state index is 0.500. The van der Waals surface area contributed by atoms with Crippen molar-refractivity contribution in [3.8, 4) is 11.5 Å². The number of ether oxygens (including phenoxy) is 2. The maximum atomic E-state index is 6.38. The van der Waals surface area contributed by atoms with E-state index in [9.17, 15) is 0 Å². The number of nitrogens with one attached hydrogen (secondary N) is 2. The highest BCUT2D eigenvalue weighted by Gasteiger charge is 2.10. The van der Waals surface area contributed by atoms with E-state index >= 15 is 0 Å². The molecule has 0 amide bonds. The van der Waals surface area contributed by atoms with Crippen LogP contribution in [0.1, 0.15) is 24.0 Å². The molecule has 0 fully saturated rings. The van der Waals surface area contributed by atoms with Crippen LogP contribution in [-0.4, -0.2) is 54.5 Å². The zero-order valence-electron chi connectivity index (χ0n) is 25.9. The summed E-state index contributed by atoms with van der Waals surface area (Å²) in [5, 5.41) is 2.96. The van der Waals surface area contributed by atoms with Crippen LogP contribution in [-0.2, 0) is 0 Å². The van der Waals surface area contributed by atoms with Crippen molar-refractivity contribution in [2.45, 2.75) is 12.8 Å². The molecule has 10 nitrogen and oxygen atoms in total. The fraction of sp³-hybridized carbons (Fsp3) is 0.312. The van der Waals surface area contributed by atoms with E-state index in [0.29, 0.717) is 24.6 Å². The van der Waals surface area contributed by atoms with Crippen LogP contribution >= 0.6 is 31.9 Å². The number of nitrogens with zero attached hydrogens (tertiary/aromatic N) is 2. The van der Waals surface area contributed by atoms with Crippen molar-refractivity contribution >= 4 is 54.6 Å². The molecule has 10 N–H and O–H groups in total. The van der Waals surface area contributed by atoms with Crippen LogP contribution in [0.4, 0.5) is 11.4 Å². The molecule has 44 heavy (non-hydrogen) atoms. The average molecular weight is 735 g/mol. The number of halogens is 2. The van der Waals surface area contributed by atoms with Gasteiger partial charge in [0.05, 0.1) is 86.2 Å². The second kappa shape index (κ2) is 17.3. The summed E-state index contributed by atoms with van der Waals surface area (Å²) in [6.45, 7) is 3.40. The molecule has 3 aromatic rings. The molecule has 0 aliphatic rings. The van der Waals surface area contributed by atoms with E-state index in [1.54, 1.807) is 12.4 Å². The second-order valence-electron chi connectivity index (χ2n) is 11.1. The molecule has 0 saturated carbocycles. The van der Waals surface area contributed by atoms with Crippen molar-refractivity contribution in [1.82, 2.24) is 0 Å². The van der Waals surface area contributed by atoms with Gasteiger partial charge in [-0.15, -0.1) is 0 Å². The summed E-state index contributed by atoms with van der Waals surface area (Å²) in [4.78, 5) is 2.79. The van der Waals surface area contributed by atoms with E-state index in [2.05, 4.69) is 60.1 Å². The topological polar surface area (TPSA) is 138 Å². The number of hydrazine groups is 2. The smallest absolute Gasteiger partial charge is 0.133 e. The van der Waals surface area contributed by atoms with Gasteiger partial charge < -0.3 is 30.7 Å². The van der Waals surface area contributed by atoms with Crippen LogP contribution in [0.25, 0.3) is 11.4 Å². The Morgan fingerprint density at radius 2 is 1.02 bits per heavy atom. The van der Waals surface area contributed by atoms with Crippen LogP contribution in [0.5, 0.6) is 11.5 Å². The first-order valence-corrected chi connectivity index (χ1v) is 16.1. The van der Waals surface area contributed by atoms with Crippen LogP contribution in [0.3, 0.4) is 0 Å². The van der Waals surface area contributed by atoms with E-state index in [1.165, 1.54) is 19.8 Å². The van der Waals surface area contributed by atoms with Gasteiger partial charge in [0.2, 0.25) is 0 Å². The Labute approximate surface area is 278 Å². The molecule has 0 bridgehead atoms. The van der Waals surface area contributed by atoms with Crippen LogP contribution in [0, 0.1) is 0 Å². The quantitative estimate of drug-likeness (QED) is 0.0750. The first kappa shape index (κ1) is 35.2. The van der Waals surface area contributed by atoms with Gasteiger partial charge in [-0.1, -0.05) is 24.3 Å². The molecule has 0 saturated heterocycles. The normalized spacial score (nSPS) is 12.1. The Morgan fingerprint density at radius 1 is 0.659 bits per heavy atom. The largest absolute Gasteiger partial charge is 0.492 e. The highest BCUT2D eigenvalue weighted by Crippen LogP contribution is 2.31. The predicted octanol–water partition coefficient (Wildman–Crippen LogP) is 2.31. The standard InChI is InChI=1S/C32H44Br2N8O2/c1-39(2)15-5-17-43-31-13-11-25(19-27(31)33)41(37)21-29(35)23-7-9-24(10-8-23)30(36)22-42(38)26-12-14-32(28(34)20-26)44-18-6-16-40(3)4/h7-14,19-22H,5-6,15-18,35-38H2,1-4H3/p+2/b29-21-,30-22-. The molecule has 0 spiro atoms. The molecule has 0 aliphatic heterocycles. The third kappa shape index (κ3) is 11.0. The van der Waals surface area contributed by atoms with Gasteiger partial charge in [0.25, 0.3) is 0 Å². The number of hydrogen-bond donors (Lipinski definition) is 6. The van der Waals surface area contributed by atoms with Crippen molar-refractivity contribution in [3.05, 3.63) is 93.1 Å². The SMILES string of the molecule is C[NH+](C)CCCOc1ccc(N(N)/C=C(\N)c2ccc(/C(N)=C/N(N)c3ccc(OCCC[NH+](C)C)c(Br)c3)cc2)cc1Br. The molecule has 0 radical (unpaired) electrons. The molecule has 12 heteroatoms. The van der Waals surface area contributed by atoms with Crippen molar-refractivity contribution in [2.75, 3.05) is 64.5 Å². The lowest BCUT2D eigenvalue weighted by molar-refractivity contribution is -0.858. The molecular formula is C32H46Br2N8O2+2. The zero-order valence-corrected chi connectivity index (χ0v) is 29.1. The Hall–Kier alpha value is -3.26. The highest BCUT2D eigenvalue weighted by atomic mass is 79.9. The zero-order chi connectivity index (χ0) is 32.2. The second-order valence-corrected chi connectivity index (χ2v) is 12.8. The van der Waals surface area contributed by atoms with E-state index in [-0.39, 0.29) is 0 Å². The van der Waals surface area contributed by atoms with Crippen molar-refractivity contribution in [3.63, 3.8) is 0 Å². The fourth-order valence-corrected chi connectivity index (χ4v) is 5.17. The average Bonchev–Trinajstić information content (AvgIpc) is 2.98. The van der Waals surface area contributed by atoms with Crippen LogP contribution in [0.15, 0.2) is 82.0 Å². The molecule has 3 rings (SSSR count). The summed E-state index contributed by atoms with van der Waals surface area (Å²) in [5.74, 6) is 14.2. The maximum Gasteiger partial charge on any atom is 0.133 e. The first-order valence-electron chi connectivity index (χ1n) is 14.5. The van der Waals surface area contributed by atoms with Crippen LogP contribution < -0.4 is 52.4 Å². The first-order chi connectivity index (χ1) is 20.9. The number of anilines is 2. The Bertz CT molecular complexity index is 1310. The number of rotatable bonds is 16. The van der Waals surface area contributed by atoms with E-state index in [4.69, 9.17) is 32.6 Å². The Kier molecular flexibility index (Phi) is 13.8. The van der Waals surface area contributed by atoms with Gasteiger partial charge >= 0.3 is 0 Å². The minimum Gasteiger partial charge on any atom is -0.492 e. The molecule has 0 unspecified atom stereocenters. The molecular weight excluding hydrogens is 688 g/mol. The third-order valence-electron chi connectivity index (χ3n) is 6.69. The number of benzene rings is 3. The summed E-state index contributed by atoms with van der Waals surface area (Å²) >= 11 is 7.16. The lowest BCUT2D eigenvalue weighted by atomic mass is 10.1. The fourth-order valence-electron chi connectivity index (χ4n) is 4.20. The maximum absolute atomic E-state index is 6.38. The molecule has 0 heterocycles. The Morgan fingerprint density at radius 3 is 1.34 bits per heavy atom. The van der Waals surface area contributed by atoms with Crippen molar-refractivity contribution in [2.24, 2.45) is 23.2 Å². The Balaban J connectivity index is 1.60. The molecule has 0 aromatic heterocycles. The highest BCUT2D eigenvalue weighted by molar-refractivity contribution is 9.11. The van der Waals surface area contributed by atoms with Gasteiger partial charge in [-0.2, -0.15) is 0 Å². The molecule has 3 aromatic carbocycles. The summed E-state index contributed by atoms with van der Waals surface area (Å²) < 4.78 is 13.4. The van der Waals surface area contributed by atoms with Gasteiger partial charge in [0.1, 0.15) is 11.5 Å². The number of nitrogens with two attached hydrogens (primary N) is 4. The molecule has 238 valence electrons. The molecule has 0 aliphatic carbocycles. The summed E-state index contributed by atoms with van der Waals surface area (Å²) in [7, 11) is 8.51. The van der Waals surface area contributed by atoms with Gasteiger partial charge in [-0.3, -0.25) is 10.0 Å².